The quantitative estimate of drug-likeness (QED) is 0.234. The minimum atomic E-state index is -0.0610. The zero-order chi connectivity index (χ0) is 31.8. The molecule has 0 radical (unpaired) electrons. The molecule has 2 aromatic heterocycles. The number of nitrogens with zero attached hydrogens (tertiary/aromatic N) is 5. The van der Waals surface area contributed by atoms with Crippen LogP contribution in [-0.2, 0) is 15.0 Å². The fourth-order valence-corrected chi connectivity index (χ4v) is 8.36. The molecule has 2 bridgehead atoms. The summed E-state index contributed by atoms with van der Waals surface area (Å²) in [6, 6.07) is 8.88. The van der Waals surface area contributed by atoms with E-state index < -0.39 is 0 Å². The lowest BCUT2D eigenvalue weighted by Gasteiger charge is -2.55. The van der Waals surface area contributed by atoms with E-state index in [1.54, 1.807) is 20.2 Å². The summed E-state index contributed by atoms with van der Waals surface area (Å²) in [5, 5.41) is 4.52. The summed E-state index contributed by atoms with van der Waals surface area (Å²) in [6.45, 7) is 8.67. The van der Waals surface area contributed by atoms with Crippen molar-refractivity contribution in [3.63, 3.8) is 0 Å². The zero-order valence-corrected chi connectivity index (χ0v) is 27.7. The highest BCUT2D eigenvalue weighted by atomic mass is 16.5. The summed E-state index contributed by atoms with van der Waals surface area (Å²) in [5.74, 6) is 2.17. The third-order valence-corrected chi connectivity index (χ3v) is 11.3. The van der Waals surface area contributed by atoms with Crippen molar-refractivity contribution in [1.29, 1.82) is 0 Å². The number of Topliss-reactive ketones (excluding diaryl/α,β-unsaturated/α-hetero) is 1. The first-order chi connectivity index (χ1) is 21.6. The number of amides is 1. The number of ether oxygens (including phenoxy) is 1. The molecule has 0 unspecified atom stereocenters. The van der Waals surface area contributed by atoms with Crippen LogP contribution in [0.25, 0.3) is 11.3 Å². The lowest BCUT2D eigenvalue weighted by Crippen LogP contribution is -2.52. The molecule has 1 aromatic carbocycles. The maximum atomic E-state index is 14.4. The number of fused-ring (bicyclic) bond motifs is 3. The molecule has 0 N–H and O–H groups in total. The molecule has 4 fully saturated rings. The van der Waals surface area contributed by atoms with Crippen LogP contribution in [0.3, 0.4) is 0 Å². The molecule has 4 aliphatic carbocycles. The van der Waals surface area contributed by atoms with Gasteiger partial charge >= 0.3 is 0 Å². The molecule has 2 heterocycles. The van der Waals surface area contributed by atoms with E-state index in [0.29, 0.717) is 24.8 Å². The molecule has 45 heavy (non-hydrogen) atoms. The van der Waals surface area contributed by atoms with E-state index in [0.717, 1.165) is 81.2 Å². The molecule has 240 valence electrons. The molecule has 0 saturated heterocycles. The third kappa shape index (κ3) is 6.43. The fraction of sp³-hybridized carbons (Fsp3) is 0.595. The first kappa shape index (κ1) is 31.4. The van der Waals surface area contributed by atoms with E-state index in [-0.39, 0.29) is 34.5 Å². The van der Waals surface area contributed by atoms with Gasteiger partial charge in [0.15, 0.2) is 0 Å². The number of methoxy groups -OCH3 is 1. The second-order valence-electron chi connectivity index (χ2n) is 14.6. The summed E-state index contributed by atoms with van der Waals surface area (Å²) in [4.78, 5) is 37.9. The minimum Gasteiger partial charge on any atom is -0.496 e. The maximum absolute atomic E-state index is 14.4. The third-order valence-electron chi connectivity index (χ3n) is 11.3. The summed E-state index contributed by atoms with van der Waals surface area (Å²) in [7, 11) is 1.73. The lowest BCUT2D eigenvalue weighted by atomic mass is 9.51. The van der Waals surface area contributed by atoms with Crippen LogP contribution in [0, 0.1) is 24.2 Å². The first-order valence-corrected chi connectivity index (χ1v) is 16.9. The van der Waals surface area contributed by atoms with Gasteiger partial charge in [-0.25, -0.2) is 9.97 Å². The van der Waals surface area contributed by atoms with E-state index in [4.69, 9.17) is 14.7 Å². The Morgan fingerprint density at radius 3 is 2.36 bits per heavy atom. The van der Waals surface area contributed by atoms with Crippen molar-refractivity contribution in [3.8, 4) is 17.0 Å². The highest BCUT2D eigenvalue weighted by Crippen LogP contribution is 2.58. The van der Waals surface area contributed by atoms with Crippen LogP contribution in [0.1, 0.15) is 109 Å². The molecular weight excluding hydrogens is 562 g/mol. The van der Waals surface area contributed by atoms with Crippen molar-refractivity contribution in [1.82, 2.24) is 19.7 Å². The second-order valence-corrected chi connectivity index (χ2v) is 14.6. The highest BCUT2D eigenvalue weighted by molar-refractivity contribution is 5.93. The van der Waals surface area contributed by atoms with Crippen molar-refractivity contribution in [2.24, 2.45) is 17.3 Å². The Kier molecular flexibility index (Phi) is 8.86. The zero-order valence-electron chi connectivity index (χ0n) is 27.7. The van der Waals surface area contributed by atoms with Crippen LogP contribution in [0.5, 0.6) is 5.75 Å². The standard InChI is InChI=1S/C37H49N5O3/c1-25(2)42-23-30(22-39-42)32-12-19-38-35(40-32)41(34(44)29-8-6-28(7-9-29)21-27(4)43)24-36-13-16-37(17-14-36,18-15-36)31-10-11-33(45-5)26(3)20-31/h10-12,19-20,22-23,25,28-29H,6-9,13-18,21,24H2,1-5H3. The number of hydrogen-bond donors (Lipinski definition) is 0. The number of aryl methyl sites for hydroxylation is 1. The first-order valence-electron chi connectivity index (χ1n) is 16.9. The molecule has 1 amide bonds. The number of ketones is 1. The molecule has 0 spiro atoms. The predicted molar refractivity (Wildman–Crippen MR) is 176 cm³/mol. The van der Waals surface area contributed by atoms with Gasteiger partial charge < -0.3 is 9.53 Å². The Morgan fingerprint density at radius 1 is 1.04 bits per heavy atom. The van der Waals surface area contributed by atoms with E-state index >= 15 is 0 Å². The normalized spacial score (nSPS) is 26.2. The van der Waals surface area contributed by atoms with Gasteiger partial charge in [-0.05, 0) is 132 Å². The Hall–Kier alpha value is -3.55. The minimum absolute atomic E-state index is 0.0610. The summed E-state index contributed by atoms with van der Waals surface area (Å²) < 4.78 is 7.47. The molecule has 7 rings (SSSR count). The predicted octanol–water partition coefficient (Wildman–Crippen LogP) is 7.65. The fourth-order valence-electron chi connectivity index (χ4n) is 8.36. The molecule has 0 atom stereocenters. The van der Waals surface area contributed by atoms with E-state index in [2.05, 4.69) is 44.1 Å². The molecule has 8 nitrogen and oxygen atoms in total. The Morgan fingerprint density at radius 2 is 1.76 bits per heavy atom. The van der Waals surface area contributed by atoms with Gasteiger partial charge in [-0.2, -0.15) is 5.10 Å². The monoisotopic (exact) mass is 611 g/mol. The highest BCUT2D eigenvalue weighted by Gasteiger charge is 2.51. The van der Waals surface area contributed by atoms with Crippen molar-refractivity contribution in [3.05, 3.63) is 54.0 Å². The van der Waals surface area contributed by atoms with Crippen molar-refractivity contribution in [2.45, 2.75) is 110 Å². The van der Waals surface area contributed by atoms with Gasteiger partial charge in [-0.1, -0.05) is 12.1 Å². The smallest absolute Gasteiger partial charge is 0.232 e. The van der Waals surface area contributed by atoms with E-state index in [1.807, 2.05) is 28.0 Å². The number of carbonyl (C=O) groups is 2. The number of anilines is 1. The summed E-state index contributed by atoms with van der Waals surface area (Å²) in [5.41, 5.74) is 4.61. The van der Waals surface area contributed by atoms with Gasteiger partial charge in [0.05, 0.1) is 19.0 Å². The SMILES string of the molecule is COc1ccc(C23CCC(CN(C(=O)C4CCC(CC(C)=O)CC4)c4nccc(-c5cnn(C(C)C)c5)n4)(CC2)CC3)cc1C. The van der Waals surface area contributed by atoms with Crippen molar-refractivity contribution < 1.29 is 14.3 Å². The molecule has 0 aliphatic heterocycles. The van der Waals surface area contributed by atoms with Crippen LogP contribution < -0.4 is 9.64 Å². The molecule has 3 aromatic rings. The molecular formula is C37H49N5O3. The van der Waals surface area contributed by atoms with Crippen molar-refractivity contribution in [2.75, 3.05) is 18.6 Å². The average Bonchev–Trinajstić information content (AvgIpc) is 3.56. The van der Waals surface area contributed by atoms with Crippen LogP contribution in [0.2, 0.25) is 0 Å². The summed E-state index contributed by atoms with van der Waals surface area (Å²) >= 11 is 0. The van der Waals surface area contributed by atoms with Crippen LogP contribution in [0.15, 0.2) is 42.9 Å². The Balaban J connectivity index is 1.25. The number of benzene rings is 1. The average molecular weight is 612 g/mol. The number of carbonyl (C=O) groups excluding carboxylic acids is 2. The molecule has 4 saturated carbocycles. The summed E-state index contributed by atoms with van der Waals surface area (Å²) in [6.07, 6.45) is 16.4. The Labute approximate surface area is 268 Å². The van der Waals surface area contributed by atoms with Gasteiger partial charge in [0, 0.05) is 42.9 Å². The topological polar surface area (TPSA) is 90.2 Å². The maximum Gasteiger partial charge on any atom is 0.232 e. The van der Waals surface area contributed by atoms with Crippen LogP contribution >= 0.6 is 0 Å². The largest absolute Gasteiger partial charge is 0.496 e. The molecule has 4 aliphatic rings. The van der Waals surface area contributed by atoms with E-state index in [9.17, 15) is 9.59 Å². The lowest BCUT2D eigenvalue weighted by molar-refractivity contribution is -0.124. The second kappa shape index (κ2) is 12.7. The van der Waals surface area contributed by atoms with Gasteiger partial charge in [0.2, 0.25) is 11.9 Å². The van der Waals surface area contributed by atoms with Gasteiger partial charge in [-0.15, -0.1) is 0 Å². The van der Waals surface area contributed by atoms with E-state index in [1.165, 1.54) is 11.1 Å². The van der Waals surface area contributed by atoms with Crippen LogP contribution in [0.4, 0.5) is 5.95 Å². The van der Waals surface area contributed by atoms with Crippen molar-refractivity contribution >= 4 is 17.6 Å². The van der Waals surface area contributed by atoms with Gasteiger partial charge in [0.25, 0.3) is 0 Å². The number of aromatic nitrogens is 4. The molecule has 8 heteroatoms. The Bertz CT molecular complexity index is 1510. The number of hydrogen-bond acceptors (Lipinski definition) is 6. The van der Waals surface area contributed by atoms with Gasteiger partial charge in [0.1, 0.15) is 11.5 Å². The van der Waals surface area contributed by atoms with Gasteiger partial charge in [-0.3, -0.25) is 14.4 Å². The number of rotatable bonds is 10. The van der Waals surface area contributed by atoms with Crippen LogP contribution in [-0.4, -0.2) is 45.1 Å².